The van der Waals surface area contributed by atoms with Crippen LogP contribution in [0.25, 0.3) is 0 Å². The number of nitrogens with zero attached hydrogens (tertiary/aromatic N) is 1. The zero-order valence-electron chi connectivity index (χ0n) is 15.9. The summed E-state index contributed by atoms with van der Waals surface area (Å²) in [6, 6.07) is 1.39. The van der Waals surface area contributed by atoms with Gasteiger partial charge in [-0.05, 0) is 22.7 Å². The number of rotatable bonds is 6. The minimum absolute atomic E-state index is 0.0579. The van der Waals surface area contributed by atoms with Crippen LogP contribution < -0.4 is 0 Å². The van der Waals surface area contributed by atoms with Gasteiger partial charge in [0, 0.05) is 9.52 Å². The summed E-state index contributed by atoms with van der Waals surface area (Å²) >= 11 is 0. The fraction of sp³-hybridized carbons (Fsp3) is 0.875. The summed E-state index contributed by atoms with van der Waals surface area (Å²) in [6.45, 7) is 30.3. The highest BCUT2D eigenvalue weighted by molar-refractivity contribution is 6.93. The predicted octanol–water partition coefficient (Wildman–Crippen LogP) is 5.03. The molecule has 0 fully saturated rings. The number of hydrogen-bond acceptors (Lipinski definition) is 1. The molecule has 0 spiro atoms. The first-order valence-electron chi connectivity index (χ1n) is 8.08. The second kappa shape index (κ2) is 6.63. The van der Waals surface area contributed by atoms with Crippen molar-refractivity contribution in [3.63, 3.8) is 0 Å². The third-order valence-corrected chi connectivity index (χ3v) is 20.8. The summed E-state index contributed by atoms with van der Waals surface area (Å²) in [6.07, 6.45) is 0. The van der Waals surface area contributed by atoms with E-state index in [1.54, 1.807) is 0 Å². The first-order valence-corrected chi connectivity index (χ1v) is 15.8. The highest BCUT2D eigenvalue weighted by Gasteiger charge is 2.51. The van der Waals surface area contributed by atoms with Crippen LogP contribution in [0.1, 0.15) is 41.5 Å². The van der Waals surface area contributed by atoms with Gasteiger partial charge in [0.05, 0.1) is 0 Å². The zero-order chi connectivity index (χ0) is 16.4. The van der Waals surface area contributed by atoms with E-state index < -0.39 is 16.5 Å². The van der Waals surface area contributed by atoms with Crippen molar-refractivity contribution in [3.05, 3.63) is 12.3 Å². The van der Waals surface area contributed by atoms with E-state index in [4.69, 9.17) is 0 Å². The van der Waals surface area contributed by atoms with Crippen LogP contribution in [-0.2, 0) is 0 Å². The molecule has 0 rings (SSSR count). The Morgan fingerprint density at radius 1 is 0.900 bits per heavy atom. The van der Waals surface area contributed by atoms with E-state index in [9.17, 15) is 0 Å². The maximum atomic E-state index is 3.95. The number of hydrogen-bond donors (Lipinski definition) is 0. The van der Waals surface area contributed by atoms with Gasteiger partial charge in [0.1, 0.15) is 16.5 Å². The lowest BCUT2D eigenvalue weighted by Gasteiger charge is -2.57. The Bertz CT molecular complexity index is 296. The fourth-order valence-corrected chi connectivity index (χ4v) is 14.5. The van der Waals surface area contributed by atoms with E-state index in [-0.39, 0.29) is 9.52 Å². The Hall–Kier alpha value is 0.351. The van der Waals surface area contributed by atoms with Gasteiger partial charge in [-0.15, -0.1) is 12.3 Å². The van der Waals surface area contributed by atoms with Crippen molar-refractivity contribution in [2.75, 3.05) is 6.54 Å². The molecule has 0 saturated heterocycles. The molecule has 0 aliphatic heterocycles. The average molecular weight is 330 g/mol. The second-order valence-corrected chi connectivity index (χ2v) is 21.8. The normalized spacial score (nSPS) is 15.3. The summed E-state index contributed by atoms with van der Waals surface area (Å²) in [5.41, 5.74) is 2.20. The lowest BCUT2D eigenvalue weighted by Crippen LogP contribution is -2.68. The summed E-state index contributed by atoms with van der Waals surface area (Å²) in [5.74, 6) is 0. The molecule has 0 radical (unpaired) electrons. The molecule has 0 aromatic rings. The molecule has 0 aromatic heterocycles. The van der Waals surface area contributed by atoms with Crippen molar-refractivity contribution in [1.82, 2.24) is 4.23 Å². The zero-order valence-corrected chi connectivity index (χ0v) is 19.3. The van der Waals surface area contributed by atoms with Crippen molar-refractivity contribution in [2.24, 2.45) is 0 Å². The molecule has 0 heterocycles. The lowest BCUT2D eigenvalue weighted by atomic mass is 10.2. The predicted molar refractivity (Wildman–Crippen MR) is 105 cm³/mol. The Morgan fingerprint density at radius 2 is 1.25 bits per heavy atom. The van der Waals surface area contributed by atoms with Gasteiger partial charge in [-0.3, -0.25) is 0 Å². The van der Waals surface area contributed by atoms with E-state index >= 15 is 0 Å². The van der Waals surface area contributed by atoms with Crippen LogP contribution in [0, 0.1) is 0 Å². The SMILES string of the molecule is C=C[SiH2]CCN([Si](C)(C)C(C)(C)C)[Si](C)(C)C(C)(C)C. The highest BCUT2D eigenvalue weighted by atomic mass is 28.4. The Labute approximate surface area is 133 Å². The highest BCUT2D eigenvalue weighted by Crippen LogP contribution is 2.46. The fourth-order valence-electron chi connectivity index (χ4n) is 2.46. The van der Waals surface area contributed by atoms with Gasteiger partial charge in [-0.25, -0.2) is 0 Å². The first-order chi connectivity index (χ1) is 8.69. The molecular weight excluding hydrogens is 290 g/mol. The van der Waals surface area contributed by atoms with Crippen LogP contribution in [0.5, 0.6) is 0 Å². The van der Waals surface area contributed by atoms with Crippen LogP contribution in [0.2, 0.25) is 42.3 Å². The third kappa shape index (κ3) is 4.42. The van der Waals surface area contributed by atoms with Crippen molar-refractivity contribution >= 4 is 26.0 Å². The van der Waals surface area contributed by atoms with Crippen molar-refractivity contribution in [1.29, 1.82) is 0 Å². The quantitative estimate of drug-likeness (QED) is 0.488. The van der Waals surface area contributed by atoms with Crippen LogP contribution >= 0.6 is 0 Å². The van der Waals surface area contributed by atoms with Gasteiger partial charge < -0.3 is 4.23 Å². The molecule has 0 amide bonds. The van der Waals surface area contributed by atoms with Crippen molar-refractivity contribution in [2.45, 2.75) is 83.9 Å². The molecule has 0 aromatic carbocycles. The summed E-state index contributed by atoms with van der Waals surface area (Å²) in [5, 5.41) is 0.858. The van der Waals surface area contributed by atoms with Gasteiger partial charge in [-0.2, -0.15) is 0 Å². The van der Waals surface area contributed by atoms with E-state index in [0.29, 0.717) is 10.1 Å². The van der Waals surface area contributed by atoms with Crippen LogP contribution in [0.4, 0.5) is 0 Å². The molecular formula is C16H39NSi3. The molecule has 1 nitrogen and oxygen atoms in total. The molecule has 20 heavy (non-hydrogen) atoms. The summed E-state index contributed by atoms with van der Waals surface area (Å²) in [7, 11) is -2.95. The molecule has 120 valence electrons. The average Bonchev–Trinajstić information content (AvgIpc) is 2.20. The minimum Gasteiger partial charge on any atom is -0.345 e. The van der Waals surface area contributed by atoms with E-state index in [1.807, 2.05) is 0 Å². The molecule has 0 atom stereocenters. The molecule has 0 saturated carbocycles. The van der Waals surface area contributed by atoms with Gasteiger partial charge >= 0.3 is 0 Å². The first kappa shape index (κ1) is 20.4. The molecule has 0 N–H and O–H groups in total. The summed E-state index contributed by atoms with van der Waals surface area (Å²) < 4.78 is 3.04. The topological polar surface area (TPSA) is 3.24 Å². The summed E-state index contributed by atoms with van der Waals surface area (Å²) in [4.78, 5) is 0. The molecule has 0 unspecified atom stereocenters. The van der Waals surface area contributed by atoms with E-state index in [1.165, 1.54) is 12.6 Å². The maximum absolute atomic E-state index is 3.95. The molecule has 0 bridgehead atoms. The van der Waals surface area contributed by atoms with Gasteiger partial charge in [0.2, 0.25) is 0 Å². The second-order valence-electron chi connectivity index (χ2n) is 9.20. The van der Waals surface area contributed by atoms with Crippen LogP contribution in [0.15, 0.2) is 12.3 Å². The van der Waals surface area contributed by atoms with Gasteiger partial charge in [0.25, 0.3) is 0 Å². The Morgan fingerprint density at radius 3 is 1.50 bits per heavy atom. The smallest absolute Gasteiger partial charge is 0.120 e. The monoisotopic (exact) mass is 329 g/mol. The molecule has 0 aliphatic carbocycles. The standard InChI is InChI=1S/C16H39NSi3/c1-12-18-14-13-17(19(8,9)15(2,3)4)20(10,11)16(5,6)7/h12H,1,13-14,18H2,2-11H3. The molecule has 0 aliphatic rings. The lowest BCUT2D eigenvalue weighted by molar-refractivity contribution is 0.530. The maximum Gasteiger partial charge on any atom is 0.120 e. The van der Waals surface area contributed by atoms with Gasteiger partial charge in [0.15, 0.2) is 0 Å². The largest absolute Gasteiger partial charge is 0.345 e. The third-order valence-electron chi connectivity index (χ3n) is 5.81. The minimum atomic E-state index is -1.45. The Kier molecular flexibility index (Phi) is 6.75. The van der Waals surface area contributed by atoms with E-state index in [2.05, 4.69) is 84.2 Å². The van der Waals surface area contributed by atoms with E-state index in [0.717, 1.165) is 0 Å². The van der Waals surface area contributed by atoms with Crippen molar-refractivity contribution in [3.8, 4) is 0 Å². The molecule has 4 heteroatoms. The Balaban J connectivity index is 5.56. The van der Waals surface area contributed by atoms with Gasteiger partial charge in [-0.1, -0.05) is 67.7 Å². The van der Waals surface area contributed by atoms with Crippen molar-refractivity contribution < 1.29 is 0 Å². The van der Waals surface area contributed by atoms with Crippen LogP contribution in [0.3, 0.4) is 0 Å². The van der Waals surface area contributed by atoms with Crippen LogP contribution in [-0.4, -0.2) is 36.8 Å².